The van der Waals surface area contributed by atoms with Crippen molar-refractivity contribution in [3.05, 3.63) is 53.7 Å². The molecule has 2 fully saturated rings. The Balaban J connectivity index is 0.00000176. The molecule has 0 aromatic heterocycles. The number of nitrogens with two attached hydrogens (primary N) is 1. The van der Waals surface area contributed by atoms with E-state index < -0.39 is 12.0 Å². The van der Waals surface area contributed by atoms with E-state index in [2.05, 4.69) is 16.0 Å². The van der Waals surface area contributed by atoms with Gasteiger partial charge in [0, 0.05) is 51.3 Å². The summed E-state index contributed by atoms with van der Waals surface area (Å²) in [6.45, 7) is 5.95. The third-order valence-electron chi connectivity index (χ3n) is 6.69. The Morgan fingerprint density at radius 2 is 1.83 bits per heavy atom. The fraction of sp³-hybridized carbons (Fsp3) is 0.577. The van der Waals surface area contributed by atoms with Crippen LogP contribution >= 0.6 is 0 Å². The predicted molar refractivity (Wildman–Crippen MR) is 134 cm³/mol. The summed E-state index contributed by atoms with van der Waals surface area (Å²) in [6, 6.07) is 5.07. The number of carbonyl (C=O) groups excluding carboxylic acids is 1. The molecule has 36 heavy (non-hydrogen) atoms. The first-order valence-electron chi connectivity index (χ1n) is 12.8. The van der Waals surface area contributed by atoms with Crippen LogP contribution in [-0.2, 0) is 9.53 Å². The highest BCUT2D eigenvalue weighted by Gasteiger charge is 2.37. The molecule has 5 N–H and O–H groups in total. The molecule has 0 radical (unpaired) electrons. The minimum Gasteiger partial charge on any atom is -0.405 e. The predicted octanol–water partition coefficient (Wildman–Crippen LogP) is 3.15. The summed E-state index contributed by atoms with van der Waals surface area (Å²) in [4.78, 5) is 15.1. The van der Waals surface area contributed by atoms with Crippen molar-refractivity contribution in [1.29, 1.82) is 0 Å². The van der Waals surface area contributed by atoms with Crippen LogP contribution in [0.1, 0.15) is 45.1 Å². The van der Waals surface area contributed by atoms with Crippen LogP contribution in [0.25, 0.3) is 5.70 Å². The van der Waals surface area contributed by atoms with Gasteiger partial charge in [0.05, 0.1) is 11.7 Å². The molecule has 0 aliphatic carbocycles. The van der Waals surface area contributed by atoms with Gasteiger partial charge in [-0.2, -0.15) is 0 Å². The number of alkyl halides is 2. The van der Waals surface area contributed by atoms with E-state index in [1.54, 1.807) is 18.2 Å². The summed E-state index contributed by atoms with van der Waals surface area (Å²) in [6.07, 6.45) is 4.42. The monoisotopic (exact) mass is 509 g/mol. The van der Waals surface area contributed by atoms with E-state index in [0.29, 0.717) is 30.3 Å². The molecule has 3 aliphatic heterocycles. The van der Waals surface area contributed by atoms with Crippen molar-refractivity contribution in [3.63, 3.8) is 0 Å². The Bertz CT molecular complexity index is 907. The van der Waals surface area contributed by atoms with E-state index in [1.807, 2.05) is 18.7 Å². The molecule has 4 rings (SSSR count). The largest absolute Gasteiger partial charge is 0.405 e. The number of nitrogens with one attached hydrogen (secondary N) is 3. The molecule has 7 nitrogen and oxygen atoms in total. The highest BCUT2D eigenvalue weighted by molar-refractivity contribution is 5.85. The first-order valence-corrected chi connectivity index (χ1v) is 12.8. The first kappa shape index (κ1) is 27.7. The van der Waals surface area contributed by atoms with E-state index >= 15 is 0 Å². The number of hydrogen-bond acceptors (Lipinski definition) is 6. The number of likely N-dealkylation sites (tertiary alicyclic amines) is 1. The highest BCUT2D eigenvalue weighted by Crippen LogP contribution is 2.31. The van der Waals surface area contributed by atoms with Crippen molar-refractivity contribution < 1.29 is 22.7 Å². The molecule has 200 valence electrons. The molecule has 10 heteroatoms. The molecule has 1 amide bonds. The molecule has 1 aromatic carbocycles. The van der Waals surface area contributed by atoms with Crippen LogP contribution in [0.3, 0.4) is 0 Å². The zero-order chi connectivity index (χ0) is 26.1. The van der Waals surface area contributed by atoms with Crippen molar-refractivity contribution in [3.8, 4) is 0 Å². The van der Waals surface area contributed by atoms with E-state index in [1.165, 1.54) is 18.3 Å². The number of ether oxygens (including phenoxy) is 1. The number of nitrogens with zero attached hydrogens (tertiary/aromatic N) is 1. The number of piperidine rings is 1. The molecule has 0 spiro atoms. The molecule has 2 unspecified atom stereocenters. The third-order valence-corrected chi connectivity index (χ3v) is 6.69. The van der Waals surface area contributed by atoms with E-state index in [0.717, 1.165) is 12.8 Å². The first-order chi connectivity index (χ1) is 17.4. The molecule has 1 aromatic rings. The van der Waals surface area contributed by atoms with Crippen LogP contribution in [0.15, 0.2) is 42.4 Å². The Morgan fingerprint density at radius 3 is 2.44 bits per heavy atom. The lowest BCUT2D eigenvalue weighted by Crippen LogP contribution is -2.57. The van der Waals surface area contributed by atoms with Gasteiger partial charge in [-0.25, -0.2) is 13.2 Å². The summed E-state index contributed by atoms with van der Waals surface area (Å²) in [7, 11) is 0. The van der Waals surface area contributed by atoms with Crippen LogP contribution in [0.4, 0.5) is 13.2 Å². The molecule has 0 bridgehead atoms. The van der Waals surface area contributed by atoms with Crippen LogP contribution in [0.2, 0.25) is 0 Å². The average molecular weight is 510 g/mol. The summed E-state index contributed by atoms with van der Waals surface area (Å²) >= 11 is 0. The Kier molecular flexibility index (Phi) is 9.92. The van der Waals surface area contributed by atoms with Crippen LogP contribution in [-0.4, -0.2) is 61.7 Å². The van der Waals surface area contributed by atoms with Gasteiger partial charge in [-0.15, -0.1) is 0 Å². The van der Waals surface area contributed by atoms with Gasteiger partial charge in [0.15, 0.2) is 0 Å². The number of benzene rings is 1. The molecular weight excluding hydrogens is 471 g/mol. The zero-order valence-corrected chi connectivity index (χ0v) is 21.0. The smallest absolute Gasteiger partial charge is 0.251 e. The number of hydrogen-bond donors (Lipinski definition) is 4. The second-order valence-corrected chi connectivity index (χ2v) is 9.02. The molecule has 3 heterocycles. The van der Waals surface area contributed by atoms with Crippen molar-refractivity contribution in [2.24, 2.45) is 11.7 Å². The van der Waals surface area contributed by atoms with Gasteiger partial charge in [-0.05, 0) is 55.3 Å². The summed E-state index contributed by atoms with van der Waals surface area (Å²) in [5, 5.41) is 9.64. The fourth-order valence-corrected chi connectivity index (χ4v) is 4.69. The zero-order valence-electron chi connectivity index (χ0n) is 21.0. The standard InChI is InChI=1S/C24H32F3N5O2.C2H6/c25-18-3-1-17(2-4-18)21-22(32-11-8-24(26,27)9-12-32)29-15-20(30-21)23(33)31-19(5-10-28)16-6-13-34-14-7-16;1-2/h1-5,10,16,19-20,29-30H,6-9,11-15,28H2,(H,31,33);1-2H3/b10-5-;. The average Bonchev–Trinajstić information content (AvgIpc) is 2.90. The van der Waals surface area contributed by atoms with Gasteiger partial charge in [-0.3, -0.25) is 4.79 Å². The maximum atomic E-state index is 13.7. The van der Waals surface area contributed by atoms with Gasteiger partial charge in [0.1, 0.15) is 17.7 Å². The lowest BCUT2D eigenvalue weighted by molar-refractivity contribution is -0.123. The highest BCUT2D eigenvalue weighted by atomic mass is 19.3. The minimum absolute atomic E-state index is 0.186. The Labute approximate surface area is 211 Å². The van der Waals surface area contributed by atoms with Gasteiger partial charge >= 0.3 is 0 Å². The van der Waals surface area contributed by atoms with Crippen LogP contribution in [0.5, 0.6) is 0 Å². The number of halogens is 3. The number of rotatable bonds is 6. The molecular formula is C26H38F3N5O2. The fourth-order valence-electron chi connectivity index (χ4n) is 4.69. The maximum Gasteiger partial charge on any atom is 0.251 e. The summed E-state index contributed by atoms with van der Waals surface area (Å²) < 4.78 is 46.4. The van der Waals surface area contributed by atoms with E-state index in [-0.39, 0.29) is 56.2 Å². The van der Waals surface area contributed by atoms with Gasteiger partial charge in [-0.1, -0.05) is 13.8 Å². The van der Waals surface area contributed by atoms with Crippen molar-refractivity contribution in [2.75, 3.05) is 32.8 Å². The topological polar surface area (TPSA) is 91.6 Å². The van der Waals surface area contributed by atoms with Crippen LogP contribution < -0.4 is 21.7 Å². The lowest BCUT2D eigenvalue weighted by atomic mass is 9.91. The lowest BCUT2D eigenvalue weighted by Gasteiger charge is -2.40. The van der Waals surface area contributed by atoms with Crippen LogP contribution in [0, 0.1) is 11.7 Å². The maximum absolute atomic E-state index is 13.7. The van der Waals surface area contributed by atoms with Gasteiger partial charge in [0.25, 0.3) is 5.92 Å². The molecule has 3 aliphatic rings. The minimum atomic E-state index is -2.67. The number of amides is 1. The van der Waals surface area contributed by atoms with Crippen molar-refractivity contribution >= 4 is 11.6 Å². The quantitative estimate of drug-likeness (QED) is 0.471. The number of carbonyl (C=O) groups is 1. The Hall–Kier alpha value is -2.88. The SMILES string of the molecule is CC.N/C=C\C(NC(=O)C1CNC(N2CCC(F)(F)CC2)=C(c2ccc(F)cc2)N1)C1CCOCC1. The molecule has 2 atom stereocenters. The van der Waals surface area contributed by atoms with Gasteiger partial charge < -0.3 is 31.3 Å². The summed E-state index contributed by atoms with van der Waals surface area (Å²) in [5.41, 5.74) is 6.89. The third kappa shape index (κ3) is 7.09. The van der Waals surface area contributed by atoms with E-state index in [4.69, 9.17) is 10.5 Å². The second-order valence-electron chi connectivity index (χ2n) is 9.02. The van der Waals surface area contributed by atoms with Crippen molar-refractivity contribution in [1.82, 2.24) is 20.9 Å². The molecule has 0 saturated carbocycles. The Morgan fingerprint density at radius 1 is 1.19 bits per heavy atom. The van der Waals surface area contributed by atoms with E-state index in [9.17, 15) is 18.0 Å². The van der Waals surface area contributed by atoms with Crippen molar-refractivity contribution in [2.45, 2.75) is 57.5 Å². The molecule has 2 saturated heterocycles. The van der Waals surface area contributed by atoms with Gasteiger partial charge in [0.2, 0.25) is 5.91 Å². The second kappa shape index (κ2) is 12.9. The normalized spacial score (nSPS) is 23.2. The summed E-state index contributed by atoms with van der Waals surface area (Å²) in [5.74, 6) is -2.38.